The summed E-state index contributed by atoms with van der Waals surface area (Å²) >= 11 is 0. The number of nitrogens with zero attached hydrogens (tertiary/aromatic N) is 3. The predicted molar refractivity (Wildman–Crippen MR) is 603 cm³/mol. The van der Waals surface area contributed by atoms with Gasteiger partial charge in [0.25, 0.3) is 6.71 Å². The molecule has 0 aliphatic carbocycles. The highest BCUT2D eigenvalue weighted by Crippen LogP contribution is 2.51. The smallest absolute Gasteiger partial charge is 0.252 e. The molecule has 140 heavy (non-hydrogen) atoms. The zero-order valence-electron chi connectivity index (χ0n) is 79.6. The van der Waals surface area contributed by atoms with Crippen molar-refractivity contribution in [3.8, 4) is 94.7 Å². The summed E-state index contributed by atoms with van der Waals surface area (Å²) in [5.74, 6) is 0. The molecule has 0 saturated carbocycles. The molecule has 0 bridgehead atoms. The molecule has 3 heterocycles. The number of hydrogen-bond acceptors (Lipinski definition) is 2. The highest BCUT2D eigenvalue weighted by molar-refractivity contribution is 7.22. The molecule has 666 valence electrons. The van der Waals surface area contributed by atoms with Gasteiger partial charge >= 0.3 is 0 Å². The summed E-state index contributed by atoms with van der Waals surface area (Å²) in [5.41, 5.74) is 34.2. The minimum Gasteiger partial charge on any atom is -0.311 e. The van der Waals surface area contributed by atoms with Gasteiger partial charge in [-0.05, 0) is 236 Å². The van der Waals surface area contributed by atoms with Gasteiger partial charge in [-0.3, -0.25) is 0 Å². The van der Waals surface area contributed by atoms with Gasteiger partial charge in [0, 0.05) is 44.9 Å². The highest BCUT2D eigenvalue weighted by atomic mass is 28.3. The molecule has 24 rings (SSSR count). The molecular weight excluding hydrogens is 1720 g/mol. The maximum Gasteiger partial charge on any atom is 0.252 e. The normalized spacial score (nSPS) is 12.8. The Morgan fingerprint density at radius 2 is 0.464 bits per heavy atom. The lowest BCUT2D eigenvalue weighted by Gasteiger charge is -2.45. The van der Waals surface area contributed by atoms with Crippen LogP contribution in [-0.4, -0.2) is 27.4 Å². The Kier molecular flexibility index (Phi) is 21.9. The Morgan fingerprint density at radius 1 is 0.179 bits per heavy atom. The van der Waals surface area contributed by atoms with Crippen LogP contribution in [0.4, 0.5) is 34.1 Å². The van der Waals surface area contributed by atoms with Crippen molar-refractivity contribution < 1.29 is 0 Å². The van der Waals surface area contributed by atoms with Crippen molar-refractivity contribution in [1.29, 1.82) is 0 Å². The molecule has 0 N–H and O–H groups in total. The van der Waals surface area contributed by atoms with Gasteiger partial charge in [-0.25, -0.2) is 0 Å². The van der Waals surface area contributed by atoms with Crippen molar-refractivity contribution >= 4 is 137 Å². The van der Waals surface area contributed by atoms with Crippen LogP contribution in [0.5, 0.6) is 0 Å². The Bertz CT molecular complexity index is 8230. The molecule has 22 aromatic rings. The van der Waals surface area contributed by atoms with Gasteiger partial charge in [-0.1, -0.05) is 497 Å². The number of rotatable bonds is 19. The van der Waals surface area contributed by atoms with E-state index in [0.29, 0.717) is 0 Å². The number of para-hydroxylation sites is 2. The summed E-state index contributed by atoms with van der Waals surface area (Å²) in [4.78, 5) is 5.35. The minimum atomic E-state index is -3.67. The number of benzene rings is 21. The van der Waals surface area contributed by atoms with Crippen LogP contribution in [-0.2, 0) is 10.8 Å². The molecule has 3 nitrogen and oxygen atoms in total. The van der Waals surface area contributed by atoms with Gasteiger partial charge < -0.3 is 14.4 Å². The zero-order chi connectivity index (χ0) is 94.2. The second kappa shape index (κ2) is 35.6. The van der Waals surface area contributed by atoms with Crippen LogP contribution < -0.4 is 67.7 Å². The lowest BCUT2D eigenvalue weighted by Crippen LogP contribution is -2.78. The molecule has 1 aromatic heterocycles. The number of fused-ring (bicyclic) bond motifs is 7. The zero-order valence-corrected chi connectivity index (χ0v) is 81.6. The van der Waals surface area contributed by atoms with E-state index in [4.69, 9.17) is 0 Å². The van der Waals surface area contributed by atoms with Crippen LogP contribution in [0.15, 0.2) is 522 Å². The van der Waals surface area contributed by atoms with Crippen LogP contribution >= 0.6 is 0 Å². The lowest BCUT2D eigenvalue weighted by molar-refractivity contribution is 0.569. The van der Waals surface area contributed by atoms with Crippen molar-refractivity contribution in [1.82, 2.24) is 4.57 Å². The van der Waals surface area contributed by atoms with Crippen LogP contribution in [0.25, 0.3) is 117 Å². The molecule has 6 heteroatoms. The minimum absolute atomic E-state index is 0.138. The van der Waals surface area contributed by atoms with Crippen molar-refractivity contribution in [2.45, 2.75) is 52.4 Å². The van der Waals surface area contributed by atoms with E-state index < -0.39 is 16.1 Å². The summed E-state index contributed by atoms with van der Waals surface area (Å²) in [6.45, 7) is 13.8. The van der Waals surface area contributed by atoms with Gasteiger partial charge in [0.2, 0.25) is 0 Å². The Balaban J connectivity index is 0.851. The lowest BCUT2D eigenvalue weighted by atomic mass is 9.33. The first-order chi connectivity index (χ1) is 68.6. The molecule has 1 unspecified atom stereocenters. The second-order valence-corrected chi connectivity index (χ2v) is 47.5. The average Bonchev–Trinajstić information content (AvgIpc) is 0.708. The number of aromatic nitrogens is 1. The molecule has 0 fully saturated rings. The Morgan fingerprint density at radius 3 is 0.871 bits per heavy atom. The standard InChI is InChI=1S/C134H104BN3Si2/c1-133(2,3)109-78-107(79-110(89-109)134(4,5)6)103-71-75-125-129(87-103)138(112-81-105(97-49-24-11-25-50-97)77-106(82-112)98-51-26-12-27-52-98)131-91-113(137-126-67-36-34-65-122(126)123-66-35-37-68-127(123)137)90-130-132(131)135(125)124-76-72-104(88-128(124)136(130)111-56-38-53-100(80-111)94-43-18-8-19-44-94)108-85-120(139(114-57-28-13-29-58-114,115-59-30-14-31-60-115)118-63-39-54-101(83-118)95-45-20-9-21-46-95)92-121(86-108)140(116-61-32-15-33-62-116,117-73-69-99(70-74-117)93-41-16-7-17-42-93)119-64-40-55-102(84-119)96-47-22-10-23-48-96/h7-92H,1-6H3. The van der Waals surface area contributed by atoms with Gasteiger partial charge in [-0.15, -0.1) is 0 Å². The Hall–Kier alpha value is -16.5. The highest BCUT2D eigenvalue weighted by Gasteiger charge is 2.49. The van der Waals surface area contributed by atoms with E-state index >= 15 is 0 Å². The van der Waals surface area contributed by atoms with Gasteiger partial charge in [0.05, 0.1) is 16.7 Å². The summed E-state index contributed by atoms with van der Waals surface area (Å²) < 4.78 is 2.55. The first-order valence-electron chi connectivity index (χ1n) is 49.1. The first-order valence-corrected chi connectivity index (χ1v) is 53.1. The largest absolute Gasteiger partial charge is 0.311 e. The summed E-state index contributed by atoms with van der Waals surface area (Å²) in [7, 11) is -7.26. The van der Waals surface area contributed by atoms with Crippen LogP contribution in [0.3, 0.4) is 0 Å². The van der Waals surface area contributed by atoms with E-state index in [1.165, 1.54) is 119 Å². The average molecular weight is 1820 g/mol. The van der Waals surface area contributed by atoms with Crippen LogP contribution in [0, 0.1) is 0 Å². The van der Waals surface area contributed by atoms with E-state index in [1.807, 2.05) is 0 Å². The number of anilines is 6. The quantitative estimate of drug-likeness (QED) is 0.0590. The fourth-order valence-corrected chi connectivity index (χ4v) is 32.4. The molecule has 0 spiro atoms. The third kappa shape index (κ3) is 15.3. The van der Waals surface area contributed by atoms with E-state index in [2.05, 4.69) is 578 Å². The predicted octanol–water partition coefficient (Wildman–Crippen LogP) is 27.6. The van der Waals surface area contributed by atoms with Gasteiger partial charge in [0.1, 0.15) is 0 Å². The molecule has 0 saturated heterocycles. The molecule has 2 aliphatic heterocycles. The van der Waals surface area contributed by atoms with Crippen LogP contribution in [0.2, 0.25) is 0 Å². The Labute approximate surface area is 824 Å². The third-order valence-corrected chi connectivity index (χ3v) is 38.9. The molecule has 0 amide bonds. The fraction of sp³-hybridized carbons (Fsp3) is 0.0597. The van der Waals surface area contributed by atoms with Crippen molar-refractivity contribution in [2.75, 3.05) is 9.80 Å². The topological polar surface area (TPSA) is 11.4 Å². The van der Waals surface area contributed by atoms with Crippen molar-refractivity contribution in [2.24, 2.45) is 0 Å². The van der Waals surface area contributed by atoms with Crippen molar-refractivity contribution in [3.05, 3.63) is 533 Å². The second-order valence-electron chi connectivity index (χ2n) is 39.9. The maximum atomic E-state index is 2.73. The molecule has 2 aliphatic rings. The third-order valence-electron chi connectivity index (χ3n) is 29.5. The van der Waals surface area contributed by atoms with E-state index in [-0.39, 0.29) is 17.5 Å². The number of hydrogen-bond donors (Lipinski definition) is 0. The van der Waals surface area contributed by atoms with E-state index in [1.54, 1.807) is 0 Å². The molecule has 1 atom stereocenters. The summed E-state index contributed by atoms with van der Waals surface area (Å²) in [6.07, 6.45) is 0. The van der Waals surface area contributed by atoms with Crippen LogP contribution in [0.1, 0.15) is 52.7 Å². The maximum absolute atomic E-state index is 3.67. The SMILES string of the molecule is CC(C)(C)c1cc(-c2ccc3c(c2)N(c2cc(-c4ccccc4)cc(-c4ccccc4)c2)c2cc(-n4c5ccccc5c5ccccc54)cc4c2B3c2ccc(-c3cc([Si](c5ccccc5)(c5ccccc5)c5cccc(-c6ccccc6)c5)cc([Si](c5ccccc5)(c5ccc(-c6ccccc6)cc5)c5cccc(-c6ccccc6)c5)c3)cc2N4c2cccc(-c3ccccc3)c2)cc(C(C)(C)C)c1. The monoisotopic (exact) mass is 1820 g/mol. The van der Waals surface area contributed by atoms with E-state index in [0.717, 1.165) is 101 Å². The summed E-state index contributed by atoms with van der Waals surface area (Å²) in [5, 5.41) is 12.7. The van der Waals surface area contributed by atoms with Gasteiger partial charge in [-0.2, -0.15) is 0 Å². The van der Waals surface area contributed by atoms with E-state index in [9.17, 15) is 0 Å². The molecule has 21 aromatic carbocycles. The van der Waals surface area contributed by atoms with Gasteiger partial charge in [0.15, 0.2) is 16.1 Å². The molecule has 0 radical (unpaired) electrons. The fourth-order valence-electron chi connectivity index (χ4n) is 22.6. The first kappa shape index (κ1) is 86.4. The summed E-state index contributed by atoms with van der Waals surface area (Å²) in [6, 6.07) is 201. The van der Waals surface area contributed by atoms with Crippen molar-refractivity contribution in [3.63, 3.8) is 0 Å². The molecular formula is C134H104BN3Si2.